The van der Waals surface area contributed by atoms with Gasteiger partial charge >= 0.3 is 0 Å². The number of nitrogens with one attached hydrogen (secondary N) is 1. The summed E-state index contributed by atoms with van der Waals surface area (Å²) in [5.74, 6) is 1.21. The van der Waals surface area contributed by atoms with Crippen LogP contribution in [0.15, 0.2) is 30.1 Å². The summed E-state index contributed by atoms with van der Waals surface area (Å²) in [5.41, 5.74) is 4.03. The minimum absolute atomic E-state index is 0.0703. The van der Waals surface area contributed by atoms with Crippen LogP contribution in [-0.2, 0) is 17.8 Å². The first-order valence-electron chi connectivity index (χ1n) is 9.17. The molecule has 2 atom stereocenters. The first-order valence-corrected chi connectivity index (χ1v) is 9.99. The second kappa shape index (κ2) is 7.29. The van der Waals surface area contributed by atoms with E-state index in [9.17, 15) is 4.79 Å². The first kappa shape index (κ1) is 17.4. The quantitative estimate of drug-likeness (QED) is 0.896. The zero-order chi connectivity index (χ0) is 18.1. The Balaban J connectivity index is 1.42. The third kappa shape index (κ3) is 3.71. The molecule has 0 spiro atoms. The number of rotatable bonds is 4. The summed E-state index contributed by atoms with van der Waals surface area (Å²) >= 11 is 1.57. The van der Waals surface area contributed by atoms with Crippen molar-refractivity contribution in [2.75, 3.05) is 18.4 Å². The van der Waals surface area contributed by atoms with Gasteiger partial charge in [0.15, 0.2) is 5.13 Å². The summed E-state index contributed by atoms with van der Waals surface area (Å²) in [6.07, 6.45) is 8.33. The lowest BCUT2D eigenvalue weighted by Gasteiger charge is -2.37. The molecule has 1 aliphatic heterocycles. The fourth-order valence-corrected chi connectivity index (χ4v) is 4.89. The highest BCUT2D eigenvalue weighted by Crippen LogP contribution is 2.36. The number of carbonyl (C=O) groups excluding carboxylic acids is 1. The molecule has 5 nitrogen and oxygen atoms in total. The highest BCUT2D eigenvalue weighted by Gasteiger charge is 2.31. The number of anilines is 1. The number of pyridine rings is 1. The van der Waals surface area contributed by atoms with Gasteiger partial charge in [0.2, 0.25) is 5.91 Å². The van der Waals surface area contributed by atoms with Gasteiger partial charge in [-0.05, 0) is 48.9 Å². The maximum atomic E-state index is 11.2. The number of fused-ring (bicyclic) bond motifs is 1. The molecule has 0 aromatic carbocycles. The maximum absolute atomic E-state index is 11.2. The Morgan fingerprint density at radius 1 is 1.42 bits per heavy atom. The second-order valence-electron chi connectivity index (χ2n) is 7.36. The van der Waals surface area contributed by atoms with E-state index in [1.807, 2.05) is 18.5 Å². The Morgan fingerprint density at radius 3 is 3.12 bits per heavy atom. The van der Waals surface area contributed by atoms with Crippen molar-refractivity contribution in [3.63, 3.8) is 0 Å². The summed E-state index contributed by atoms with van der Waals surface area (Å²) < 4.78 is 0. The number of nitrogens with zero attached hydrogens (tertiary/aromatic N) is 3. The maximum Gasteiger partial charge on any atom is 0.223 e. The third-order valence-corrected chi connectivity index (χ3v) is 6.27. The van der Waals surface area contributed by atoms with Crippen molar-refractivity contribution in [1.29, 1.82) is 0 Å². The van der Waals surface area contributed by atoms with Gasteiger partial charge in [0.05, 0.1) is 5.69 Å². The first-order chi connectivity index (χ1) is 12.6. The van der Waals surface area contributed by atoms with Gasteiger partial charge in [-0.2, -0.15) is 0 Å². The highest BCUT2D eigenvalue weighted by molar-refractivity contribution is 7.15. The van der Waals surface area contributed by atoms with Gasteiger partial charge in [0, 0.05) is 37.3 Å². The molecule has 6 heteroatoms. The molecule has 4 rings (SSSR count). The second-order valence-corrected chi connectivity index (χ2v) is 8.48. The number of amides is 1. The van der Waals surface area contributed by atoms with Crippen LogP contribution in [0.3, 0.4) is 0 Å². The molecule has 136 valence electrons. The molecular weight excluding hydrogens is 344 g/mol. The van der Waals surface area contributed by atoms with E-state index in [4.69, 9.17) is 0 Å². The van der Waals surface area contributed by atoms with Crippen LogP contribution in [0.1, 0.15) is 36.4 Å². The van der Waals surface area contributed by atoms with Gasteiger partial charge < -0.3 is 5.32 Å². The fourth-order valence-electron chi connectivity index (χ4n) is 3.99. The molecule has 1 saturated heterocycles. The minimum atomic E-state index is -0.0703. The van der Waals surface area contributed by atoms with E-state index in [0.29, 0.717) is 17.0 Å². The highest BCUT2D eigenvalue weighted by atomic mass is 32.1. The van der Waals surface area contributed by atoms with Gasteiger partial charge in [0.1, 0.15) is 0 Å². The van der Waals surface area contributed by atoms with Crippen LogP contribution in [0.5, 0.6) is 0 Å². The molecule has 1 aliphatic carbocycles. The van der Waals surface area contributed by atoms with E-state index in [1.165, 1.54) is 29.4 Å². The molecule has 1 fully saturated rings. The van der Waals surface area contributed by atoms with Crippen molar-refractivity contribution >= 4 is 28.5 Å². The summed E-state index contributed by atoms with van der Waals surface area (Å²) in [7, 11) is 0. The Hall–Kier alpha value is -2.05. The van der Waals surface area contributed by atoms with Gasteiger partial charge in [-0.15, -0.1) is 11.3 Å². The van der Waals surface area contributed by atoms with Crippen LogP contribution in [-0.4, -0.2) is 33.9 Å². The number of carbonyl (C=O) groups is 1. The van der Waals surface area contributed by atoms with Gasteiger partial charge in [-0.3, -0.25) is 14.7 Å². The predicted molar refractivity (Wildman–Crippen MR) is 105 cm³/mol. The number of hydrogen-bond acceptors (Lipinski definition) is 5. The van der Waals surface area contributed by atoms with Crippen molar-refractivity contribution in [2.24, 2.45) is 11.8 Å². The van der Waals surface area contributed by atoms with Crippen molar-refractivity contribution < 1.29 is 4.79 Å². The predicted octanol–water partition coefficient (Wildman–Crippen LogP) is 3.59. The summed E-state index contributed by atoms with van der Waals surface area (Å²) in [6, 6.07) is 4.22. The van der Waals surface area contributed by atoms with Crippen molar-refractivity contribution in [3.8, 4) is 0 Å². The molecule has 0 saturated carbocycles. The third-order valence-electron chi connectivity index (χ3n) is 5.38. The lowest BCUT2D eigenvalue weighted by molar-refractivity contribution is -0.114. The largest absolute Gasteiger partial charge is 0.302 e. The average molecular weight is 369 g/mol. The SMILES string of the molecule is CC(=O)Nc1ncc(CN2CC[C@@H](C)C(C3=Cc4ncccc4C3)C2)s1. The molecule has 2 aromatic rings. The minimum Gasteiger partial charge on any atom is -0.302 e. The fraction of sp³-hybridized carbons (Fsp3) is 0.450. The van der Waals surface area contributed by atoms with Crippen molar-refractivity contribution in [2.45, 2.75) is 33.2 Å². The number of thiazole rings is 1. The van der Waals surface area contributed by atoms with Gasteiger partial charge in [-0.25, -0.2) is 4.98 Å². The van der Waals surface area contributed by atoms with Crippen LogP contribution in [0, 0.1) is 11.8 Å². The van der Waals surface area contributed by atoms with E-state index in [-0.39, 0.29) is 5.91 Å². The Kier molecular flexibility index (Phi) is 4.87. The average Bonchev–Trinajstić information content (AvgIpc) is 3.22. The van der Waals surface area contributed by atoms with E-state index in [2.05, 4.69) is 39.3 Å². The Morgan fingerprint density at radius 2 is 2.31 bits per heavy atom. The van der Waals surface area contributed by atoms with E-state index in [1.54, 1.807) is 11.3 Å². The summed E-state index contributed by atoms with van der Waals surface area (Å²) in [4.78, 5) is 23.7. The molecule has 1 N–H and O–H groups in total. The number of piperidine rings is 1. The molecule has 26 heavy (non-hydrogen) atoms. The topological polar surface area (TPSA) is 58.1 Å². The number of hydrogen-bond donors (Lipinski definition) is 1. The van der Waals surface area contributed by atoms with Gasteiger partial charge in [-0.1, -0.05) is 18.6 Å². The standard InChI is InChI=1S/C20H24N4OS/c1-13-5-7-24(11-17-10-22-20(26-17)23-14(2)25)12-18(13)16-8-15-4-3-6-21-19(15)9-16/h3-4,6,9-10,13,18H,5,7-8,11-12H2,1-2H3,(H,22,23,25)/t13-,18?/m1/s1. The molecule has 2 aliphatic rings. The summed E-state index contributed by atoms with van der Waals surface area (Å²) in [6.45, 7) is 6.98. The lowest BCUT2D eigenvalue weighted by Crippen LogP contribution is -2.39. The molecule has 2 aromatic heterocycles. The zero-order valence-electron chi connectivity index (χ0n) is 15.2. The zero-order valence-corrected chi connectivity index (χ0v) is 16.1. The van der Waals surface area contributed by atoms with E-state index < -0.39 is 0 Å². The Bertz CT molecular complexity index is 844. The van der Waals surface area contributed by atoms with E-state index >= 15 is 0 Å². The number of aromatic nitrogens is 2. The van der Waals surface area contributed by atoms with Crippen molar-refractivity contribution in [1.82, 2.24) is 14.9 Å². The summed E-state index contributed by atoms with van der Waals surface area (Å²) in [5, 5.41) is 3.46. The normalized spacial score (nSPS) is 22.8. The lowest BCUT2D eigenvalue weighted by atomic mass is 9.81. The van der Waals surface area contributed by atoms with Gasteiger partial charge in [0.25, 0.3) is 0 Å². The van der Waals surface area contributed by atoms with Crippen LogP contribution in [0.4, 0.5) is 5.13 Å². The van der Waals surface area contributed by atoms with Crippen LogP contribution < -0.4 is 5.32 Å². The van der Waals surface area contributed by atoms with Crippen molar-refractivity contribution in [3.05, 3.63) is 46.2 Å². The molecule has 0 radical (unpaired) electrons. The molecular formula is C20H24N4OS. The van der Waals surface area contributed by atoms with E-state index in [0.717, 1.165) is 31.7 Å². The molecule has 3 heterocycles. The number of likely N-dealkylation sites (tertiary alicyclic amines) is 1. The Labute approximate surface area is 158 Å². The molecule has 1 amide bonds. The van der Waals surface area contributed by atoms with Crippen LogP contribution >= 0.6 is 11.3 Å². The monoisotopic (exact) mass is 368 g/mol. The van der Waals surface area contributed by atoms with Crippen LogP contribution in [0.2, 0.25) is 0 Å². The molecule has 0 bridgehead atoms. The van der Waals surface area contributed by atoms with Crippen LogP contribution in [0.25, 0.3) is 6.08 Å². The smallest absolute Gasteiger partial charge is 0.223 e. The molecule has 1 unspecified atom stereocenters.